The van der Waals surface area contributed by atoms with Gasteiger partial charge >= 0.3 is 5.97 Å². The van der Waals surface area contributed by atoms with Gasteiger partial charge < -0.3 is 10.1 Å². The lowest BCUT2D eigenvalue weighted by molar-refractivity contribution is 0.0598. The summed E-state index contributed by atoms with van der Waals surface area (Å²) in [6.07, 6.45) is 0.747. The van der Waals surface area contributed by atoms with Crippen LogP contribution in [-0.2, 0) is 17.7 Å². The number of rotatable bonds is 1. The first-order valence-corrected chi connectivity index (χ1v) is 4.82. The summed E-state index contributed by atoms with van der Waals surface area (Å²) in [6.45, 7) is 1.41. The SMILES string of the molecule is COC(=O)c1cc(F)cc2c1CNCC2.Cl. The molecule has 1 heterocycles. The molecule has 0 spiro atoms. The third kappa shape index (κ3) is 2.33. The standard InChI is InChI=1S/C11H12FNO2.ClH/c1-15-11(14)9-5-8(12)4-7-2-3-13-6-10(7)9;/h4-5,13H,2-3,6H2,1H3;1H. The Hall–Kier alpha value is -1.13. The number of ether oxygens (including phenoxy) is 1. The molecule has 0 saturated carbocycles. The molecule has 1 aromatic rings. The fourth-order valence-electron chi connectivity index (χ4n) is 1.85. The minimum Gasteiger partial charge on any atom is -0.465 e. The second-order valence-electron chi connectivity index (χ2n) is 3.51. The zero-order chi connectivity index (χ0) is 10.8. The average molecular weight is 246 g/mol. The normalized spacial score (nSPS) is 13.6. The molecule has 88 valence electrons. The summed E-state index contributed by atoms with van der Waals surface area (Å²) in [5.74, 6) is -0.856. The van der Waals surface area contributed by atoms with Crippen molar-refractivity contribution < 1.29 is 13.9 Å². The van der Waals surface area contributed by atoms with Crippen molar-refractivity contribution in [2.45, 2.75) is 13.0 Å². The van der Waals surface area contributed by atoms with Gasteiger partial charge in [-0.15, -0.1) is 12.4 Å². The predicted molar refractivity (Wildman–Crippen MR) is 60.4 cm³/mol. The Kier molecular flexibility index (Phi) is 4.26. The van der Waals surface area contributed by atoms with Gasteiger partial charge in [0.15, 0.2) is 0 Å². The van der Waals surface area contributed by atoms with Crippen LogP contribution in [0.1, 0.15) is 21.5 Å². The van der Waals surface area contributed by atoms with Crippen LogP contribution in [0.3, 0.4) is 0 Å². The number of halogens is 2. The first-order valence-electron chi connectivity index (χ1n) is 4.82. The molecule has 16 heavy (non-hydrogen) atoms. The Bertz CT molecular complexity index is 409. The van der Waals surface area contributed by atoms with Gasteiger partial charge in [0.1, 0.15) is 5.82 Å². The Morgan fingerprint density at radius 3 is 2.94 bits per heavy atom. The Labute approximate surface area is 99.4 Å². The van der Waals surface area contributed by atoms with Gasteiger partial charge in [-0.1, -0.05) is 0 Å². The molecule has 5 heteroatoms. The summed E-state index contributed by atoms with van der Waals surface area (Å²) in [4.78, 5) is 11.4. The quantitative estimate of drug-likeness (QED) is 0.765. The third-order valence-electron chi connectivity index (χ3n) is 2.59. The molecule has 0 aromatic heterocycles. The van der Waals surface area contributed by atoms with E-state index in [-0.39, 0.29) is 18.2 Å². The topological polar surface area (TPSA) is 38.3 Å². The predicted octanol–water partition coefficient (Wildman–Crippen LogP) is 1.68. The molecule has 0 bridgehead atoms. The van der Waals surface area contributed by atoms with Crippen LogP contribution in [0.15, 0.2) is 12.1 Å². The number of methoxy groups -OCH3 is 1. The smallest absolute Gasteiger partial charge is 0.338 e. The Balaban J connectivity index is 0.00000128. The van der Waals surface area contributed by atoms with E-state index in [2.05, 4.69) is 10.1 Å². The van der Waals surface area contributed by atoms with E-state index in [4.69, 9.17) is 0 Å². The van der Waals surface area contributed by atoms with E-state index in [0.29, 0.717) is 12.1 Å². The van der Waals surface area contributed by atoms with E-state index in [1.807, 2.05) is 0 Å². The number of carbonyl (C=O) groups is 1. The number of esters is 1. The maximum Gasteiger partial charge on any atom is 0.338 e. The van der Waals surface area contributed by atoms with Gasteiger partial charge in [-0.25, -0.2) is 9.18 Å². The van der Waals surface area contributed by atoms with Gasteiger partial charge in [-0.2, -0.15) is 0 Å². The molecule has 1 aromatic carbocycles. The maximum absolute atomic E-state index is 13.2. The average Bonchev–Trinajstić information content (AvgIpc) is 2.26. The lowest BCUT2D eigenvalue weighted by Gasteiger charge is -2.19. The summed E-state index contributed by atoms with van der Waals surface area (Å²) >= 11 is 0. The van der Waals surface area contributed by atoms with Crippen LogP contribution in [0.5, 0.6) is 0 Å². The summed E-state index contributed by atoms with van der Waals surface area (Å²) in [5, 5.41) is 3.15. The van der Waals surface area contributed by atoms with Crippen molar-refractivity contribution in [3.8, 4) is 0 Å². The lowest BCUT2D eigenvalue weighted by atomic mass is 9.96. The lowest BCUT2D eigenvalue weighted by Crippen LogP contribution is -2.26. The number of nitrogens with one attached hydrogen (secondary N) is 1. The van der Waals surface area contributed by atoms with Crippen LogP contribution in [0.4, 0.5) is 4.39 Å². The molecule has 1 aliphatic rings. The molecule has 0 unspecified atom stereocenters. The fourth-order valence-corrected chi connectivity index (χ4v) is 1.85. The van der Waals surface area contributed by atoms with E-state index < -0.39 is 5.97 Å². The van der Waals surface area contributed by atoms with Crippen LogP contribution in [0, 0.1) is 5.82 Å². The van der Waals surface area contributed by atoms with E-state index in [0.717, 1.165) is 24.1 Å². The highest BCUT2D eigenvalue weighted by atomic mass is 35.5. The van der Waals surface area contributed by atoms with E-state index in [1.165, 1.54) is 19.2 Å². The third-order valence-corrected chi connectivity index (χ3v) is 2.59. The summed E-state index contributed by atoms with van der Waals surface area (Å²) in [7, 11) is 1.30. The zero-order valence-electron chi connectivity index (χ0n) is 8.88. The summed E-state index contributed by atoms with van der Waals surface area (Å²) in [5.41, 5.74) is 2.09. The minimum atomic E-state index is -0.477. The number of hydrogen-bond donors (Lipinski definition) is 1. The van der Waals surface area contributed by atoms with Gasteiger partial charge in [-0.05, 0) is 36.2 Å². The highest BCUT2D eigenvalue weighted by Crippen LogP contribution is 2.21. The van der Waals surface area contributed by atoms with E-state index in [1.54, 1.807) is 0 Å². The first-order chi connectivity index (χ1) is 7.22. The van der Waals surface area contributed by atoms with Crippen molar-refractivity contribution in [2.75, 3.05) is 13.7 Å². The molecule has 0 fully saturated rings. The Morgan fingerprint density at radius 2 is 2.25 bits per heavy atom. The van der Waals surface area contributed by atoms with E-state index in [9.17, 15) is 9.18 Å². The molecule has 1 N–H and O–H groups in total. The van der Waals surface area contributed by atoms with Crippen LogP contribution >= 0.6 is 12.4 Å². The van der Waals surface area contributed by atoms with Crippen molar-refractivity contribution in [2.24, 2.45) is 0 Å². The largest absolute Gasteiger partial charge is 0.465 e. The highest BCUT2D eigenvalue weighted by molar-refractivity contribution is 5.91. The van der Waals surface area contributed by atoms with Crippen molar-refractivity contribution in [3.63, 3.8) is 0 Å². The fraction of sp³-hybridized carbons (Fsp3) is 0.364. The molecule has 0 amide bonds. The monoisotopic (exact) mass is 245 g/mol. The molecule has 3 nitrogen and oxygen atoms in total. The second kappa shape index (κ2) is 5.27. The van der Waals surface area contributed by atoms with Crippen molar-refractivity contribution >= 4 is 18.4 Å². The molecule has 0 saturated heterocycles. The zero-order valence-corrected chi connectivity index (χ0v) is 9.70. The first kappa shape index (κ1) is 12.9. The Morgan fingerprint density at radius 1 is 1.50 bits per heavy atom. The van der Waals surface area contributed by atoms with Gasteiger partial charge in [0, 0.05) is 6.54 Å². The molecular formula is C11H13ClFNO2. The van der Waals surface area contributed by atoms with Crippen LogP contribution in [-0.4, -0.2) is 19.6 Å². The number of benzene rings is 1. The summed E-state index contributed by atoms with van der Waals surface area (Å²) in [6, 6.07) is 2.72. The van der Waals surface area contributed by atoms with Gasteiger partial charge in [0.25, 0.3) is 0 Å². The second-order valence-corrected chi connectivity index (χ2v) is 3.51. The minimum absolute atomic E-state index is 0. The van der Waals surface area contributed by atoms with Crippen molar-refractivity contribution in [1.82, 2.24) is 5.32 Å². The molecule has 1 aliphatic heterocycles. The summed E-state index contributed by atoms with van der Waals surface area (Å²) < 4.78 is 17.8. The van der Waals surface area contributed by atoms with Gasteiger partial charge in [-0.3, -0.25) is 0 Å². The van der Waals surface area contributed by atoms with Crippen LogP contribution < -0.4 is 5.32 Å². The van der Waals surface area contributed by atoms with Crippen LogP contribution in [0.25, 0.3) is 0 Å². The number of hydrogen-bond acceptors (Lipinski definition) is 3. The molecule has 0 aliphatic carbocycles. The van der Waals surface area contributed by atoms with Crippen LogP contribution in [0.2, 0.25) is 0 Å². The molecular weight excluding hydrogens is 233 g/mol. The number of fused-ring (bicyclic) bond motifs is 1. The van der Waals surface area contributed by atoms with E-state index >= 15 is 0 Å². The molecule has 0 radical (unpaired) electrons. The molecule has 0 atom stereocenters. The van der Waals surface area contributed by atoms with Gasteiger partial charge in [0.05, 0.1) is 12.7 Å². The van der Waals surface area contributed by atoms with Gasteiger partial charge in [0.2, 0.25) is 0 Å². The van der Waals surface area contributed by atoms with Crippen molar-refractivity contribution in [1.29, 1.82) is 0 Å². The molecule has 2 rings (SSSR count). The highest BCUT2D eigenvalue weighted by Gasteiger charge is 2.19. The maximum atomic E-state index is 13.2. The number of carbonyl (C=O) groups excluding carboxylic acids is 1. The van der Waals surface area contributed by atoms with Crippen molar-refractivity contribution in [3.05, 3.63) is 34.6 Å².